The summed E-state index contributed by atoms with van der Waals surface area (Å²) in [5, 5.41) is 4.65. The van der Waals surface area contributed by atoms with E-state index in [4.69, 9.17) is 5.73 Å². The van der Waals surface area contributed by atoms with Gasteiger partial charge in [0.25, 0.3) is 0 Å². The minimum absolute atomic E-state index is 0.714. The Hall–Kier alpha value is -2.07. The minimum Gasteiger partial charge on any atom is -0.383 e. The van der Waals surface area contributed by atoms with Crippen molar-refractivity contribution in [2.24, 2.45) is 7.05 Å². The van der Waals surface area contributed by atoms with Crippen LogP contribution in [0, 0.1) is 6.92 Å². The van der Waals surface area contributed by atoms with Gasteiger partial charge in [0.15, 0.2) is 0 Å². The maximum absolute atomic E-state index is 6.29. The number of hydrogen-bond donors (Lipinski definition) is 1. The zero-order chi connectivity index (χ0) is 15.0. The summed E-state index contributed by atoms with van der Waals surface area (Å²) >= 11 is 1.79. The highest BCUT2D eigenvalue weighted by Crippen LogP contribution is 2.39. The van der Waals surface area contributed by atoms with Crippen LogP contribution in [0.2, 0.25) is 0 Å². The predicted molar refractivity (Wildman–Crippen MR) is 90.5 cm³/mol. The highest BCUT2D eigenvalue weighted by Gasteiger charge is 2.19. The number of aryl methyl sites for hydroxylation is 3. The zero-order valence-electron chi connectivity index (χ0n) is 12.6. The summed E-state index contributed by atoms with van der Waals surface area (Å²) in [6, 6.07) is 12.6. The van der Waals surface area contributed by atoms with Gasteiger partial charge in [-0.05, 0) is 36.6 Å². The molecule has 0 saturated heterocycles. The van der Waals surface area contributed by atoms with Crippen LogP contribution in [0.1, 0.15) is 17.4 Å². The van der Waals surface area contributed by atoms with E-state index in [2.05, 4.69) is 43.2 Å². The molecule has 0 amide bonds. The fraction of sp³-hybridized carbons (Fsp3) is 0.235. The molecule has 2 N–H and O–H groups in total. The number of thiophene rings is 1. The van der Waals surface area contributed by atoms with E-state index in [0.29, 0.717) is 5.82 Å². The molecular weight excluding hydrogens is 278 g/mol. The van der Waals surface area contributed by atoms with Crippen molar-refractivity contribution in [3.63, 3.8) is 0 Å². The number of nitrogen functional groups attached to an aromatic ring is 1. The molecule has 4 heteroatoms. The molecule has 2 heterocycles. The van der Waals surface area contributed by atoms with E-state index < -0.39 is 0 Å². The summed E-state index contributed by atoms with van der Waals surface area (Å²) in [6.07, 6.45) is 1.05. The number of nitrogens with zero attached hydrogens (tertiary/aromatic N) is 2. The predicted octanol–water partition coefficient (Wildman–Crippen LogP) is 4.27. The van der Waals surface area contributed by atoms with Gasteiger partial charge in [0.2, 0.25) is 0 Å². The van der Waals surface area contributed by atoms with Crippen LogP contribution in [-0.2, 0) is 13.5 Å². The van der Waals surface area contributed by atoms with Crippen LogP contribution in [0.5, 0.6) is 0 Å². The van der Waals surface area contributed by atoms with Crippen molar-refractivity contribution in [1.82, 2.24) is 9.78 Å². The van der Waals surface area contributed by atoms with Crippen molar-refractivity contribution in [3.8, 4) is 21.7 Å². The van der Waals surface area contributed by atoms with E-state index in [1.54, 1.807) is 16.0 Å². The Labute approximate surface area is 129 Å². The first-order valence-corrected chi connectivity index (χ1v) is 7.91. The molecule has 3 nitrogen and oxygen atoms in total. The number of rotatable bonds is 3. The summed E-state index contributed by atoms with van der Waals surface area (Å²) in [4.78, 5) is 2.54. The van der Waals surface area contributed by atoms with Gasteiger partial charge >= 0.3 is 0 Å². The van der Waals surface area contributed by atoms with Crippen LogP contribution in [0.25, 0.3) is 21.7 Å². The van der Waals surface area contributed by atoms with Crippen molar-refractivity contribution < 1.29 is 0 Å². The molecule has 0 fully saturated rings. The molecule has 0 unspecified atom stereocenters. The van der Waals surface area contributed by atoms with E-state index >= 15 is 0 Å². The SMILES string of the molecule is CCc1ccc(-c2nn(C)c(N)c2-c2ccccc2C)s1. The van der Waals surface area contributed by atoms with Gasteiger partial charge in [-0.15, -0.1) is 11.3 Å². The first-order chi connectivity index (χ1) is 10.1. The molecule has 0 aliphatic rings. The number of hydrogen-bond acceptors (Lipinski definition) is 3. The first-order valence-electron chi connectivity index (χ1n) is 7.09. The van der Waals surface area contributed by atoms with Crippen LogP contribution in [0.15, 0.2) is 36.4 Å². The van der Waals surface area contributed by atoms with Crippen LogP contribution >= 0.6 is 11.3 Å². The molecule has 21 heavy (non-hydrogen) atoms. The molecule has 0 saturated carbocycles. The van der Waals surface area contributed by atoms with Crippen molar-refractivity contribution in [1.29, 1.82) is 0 Å². The maximum Gasteiger partial charge on any atom is 0.129 e. The third-order valence-electron chi connectivity index (χ3n) is 3.75. The van der Waals surface area contributed by atoms with E-state index in [0.717, 1.165) is 23.2 Å². The number of nitrogens with two attached hydrogens (primary N) is 1. The van der Waals surface area contributed by atoms with Crippen molar-refractivity contribution in [2.45, 2.75) is 20.3 Å². The first kappa shape index (κ1) is 13.9. The van der Waals surface area contributed by atoms with Gasteiger partial charge < -0.3 is 5.73 Å². The number of aromatic nitrogens is 2. The molecule has 2 aromatic heterocycles. The smallest absolute Gasteiger partial charge is 0.129 e. The highest BCUT2D eigenvalue weighted by atomic mass is 32.1. The molecule has 3 rings (SSSR count). The molecule has 0 bridgehead atoms. The summed E-state index contributed by atoms with van der Waals surface area (Å²) in [7, 11) is 1.90. The summed E-state index contributed by atoms with van der Waals surface area (Å²) in [6.45, 7) is 4.28. The van der Waals surface area contributed by atoms with E-state index in [1.165, 1.54) is 15.3 Å². The number of benzene rings is 1. The number of anilines is 1. The summed E-state index contributed by atoms with van der Waals surface area (Å²) in [5.74, 6) is 0.714. The van der Waals surface area contributed by atoms with Gasteiger partial charge in [0.1, 0.15) is 11.5 Å². The van der Waals surface area contributed by atoms with Gasteiger partial charge in [-0.2, -0.15) is 5.10 Å². The molecule has 0 atom stereocenters. The third kappa shape index (κ3) is 2.36. The Morgan fingerprint density at radius 3 is 2.62 bits per heavy atom. The molecule has 0 aliphatic carbocycles. The topological polar surface area (TPSA) is 43.8 Å². The standard InChI is InChI=1S/C17H19N3S/c1-4-12-9-10-14(21-12)16-15(17(18)20(3)19-16)13-8-6-5-7-11(13)2/h5-10H,4,18H2,1-3H3. The Bertz CT molecular complexity index is 783. The molecule has 0 radical (unpaired) electrons. The second-order valence-electron chi connectivity index (χ2n) is 5.17. The normalized spacial score (nSPS) is 11.0. The molecule has 1 aromatic carbocycles. The molecule has 108 valence electrons. The minimum atomic E-state index is 0.714. The third-order valence-corrected chi connectivity index (χ3v) is 4.99. The van der Waals surface area contributed by atoms with Gasteiger partial charge in [-0.1, -0.05) is 31.2 Å². The second kappa shape index (κ2) is 5.37. The Balaban J connectivity index is 2.23. The maximum atomic E-state index is 6.29. The van der Waals surface area contributed by atoms with Gasteiger partial charge in [-0.3, -0.25) is 4.68 Å². The highest BCUT2D eigenvalue weighted by molar-refractivity contribution is 7.15. The van der Waals surface area contributed by atoms with Gasteiger partial charge in [0.05, 0.1) is 10.4 Å². The van der Waals surface area contributed by atoms with E-state index in [-0.39, 0.29) is 0 Å². The fourth-order valence-corrected chi connectivity index (χ4v) is 3.46. The molecule has 0 spiro atoms. The monoisotopic (exact) mass is 297 g/mol. The second-order valence-corrected chi connectivity index (χ2v) is 6.34. The lowest BCUT2D eigenvalue weighted by atomic mass is 10.00. The van der Waals surface area contributed by atoms with Crippen LogP contribution in [0.3, 0.4) is 0 Å². The van der Waals surface area contributed by atoms with E-state index in [9.17, 15) is 0 Å². The van der Waals surface area contributed by atoms with E-state index in [1.807, 2.05) is 19.2 Å². The average Bonchev–Trinajstić information content (AvgIpc) is 3.06. The van der Waals surface area contributed by atoms with Crippen molar-refractivity contribution in [3.05, 3.63) is 46.8 Å². The summed E-state index contributed by atoms with van der Waals surface area (Å²) in [5.41, 5.74) is 10.7. The van der Waals surface area contributed by atoms with Crippen molar-refractivity contribution in [2.75, 3.05) is 5.73 Å². The van der Waals surface area contributed by atoms with Crippen LogP contribution < -0.4 is 5.73 Å². The Kier molecular flexibility index (Phi) is 3.55. The van der Waals surface area contributed by atoms with Gasteiger partial charge in [-0.25, -0.2) is 0 Å². The van der Waals surface area contributed by atoms with Crippen LogP contribution in [0.4, 0.5) is 5.82 Å². The molecule has 3 aromatic rings. The molecule has 0 aliphatic heterocycles. The lowest BCUT2D eigenvalue weighted by molar-refractivity contribution is 0.783. The fourth-order valence-electron chi connectivity index (χ4n) is 2.52. The lowest BCUT2D eigenvalue weighted by Gasteiger charge is -2.06. The Morgan fingerprint density at radius 1 is 1.19 bits per heavy atom. The van der Waals surface area contributed by atoms with Crippen molar-refractivity contribution >= 4 is 17.2 Å². The summed E-state index contributed by atoms with van der Waals surface area (Å²) < 4.78 is 1.77. The average molecular weight is 297 g/mol. The quantitative estimate of drug-likeness (QED) is 0.784. The molecular formula is C17H19N3S. The van der Waals surface area contributed by atoms with Gasteiger partial charge in [0, 0.05) is 11.9 Å². The Morgan fingerprint density at radius 2 is 1.95 bits per heavy atom. The largest absolute Gasteiger partial charge is 0.383 e. The zero-order valence-corrected chi connectivity index (χ0v) is 13.4. The van der Waals surface area contributed by atoms with Crippen LogP contribution in [-0.4, -0.2) is 9.78 Å². The lowest BCUT2D eigenvalue weighted by Crippen LogP contribution is -1.98.